The molecular weight excluding hydrogens is 512 g/mol. The van der Waals surface area contributed by atoms with Gasteiger partial charge in [-0.2, -0.15) is 0 Å². The smallest absolute Gasteiger partial charge is 0.337 e. The summed E-state index contributed by atoms with van der Waals surface area (Å²) in [4.78, 5) is 33.3. The van der Waals surface area contributed by atoms with Crippen LogP contribution in [0.3, 0.4) is 0 Å². The van der Waals surface area contributed by atoms with Crippen molar-refractivity contribution in [2.45, 2.75) is 0 Å². The minimum Gasteiger partial charge on any atom is -0.497 e. The van der Waals surface area contributed by atoms with E-state index >= 15 is 0 Å². The molecule has 10 nitrogen and oxygen atoms in total. The van der Waals surface area contributed by atoms with Gasteiger partial charge < -0.3 is 34.8 Å². The van der Waals surface area contributed by atoms with Gasteiger partial charge in [-0.15, -0.1) is 0 Å². The van der Waals surface area contributed by atoms with Gasteiger partial charge in [-0.3, -0.25) is 4.79 Å². The molecule has 1 amide bonds. The molecule has 0 radical (unpaired) electrons. The minimum absolute atomic E-state index is 0.0174. The van der Waals surface area contributed by atoms with Crippen LogP contribution in [0.1, 0.15) is 20.7 Å². The molecule has 10 heteroatoms. The van der Waals surface area contributed by atoms with E-state index in [2.05, 4.69) is 33.3 Å². The zero-order chi connectivity index (χ0) is 29.1. The number of aromatic carboxylic acids is 1. The van der Waals surface area contributed by atoms with E-state index in [1.54, 1.807) is 56.8 Å². The highest BCUT2D eigenvalue weighted by atomic mass is 16.5. The van der Waals surface area contributed by atoms with E-state index in [0.717, 1.165) is 17.3 Å². The third-order valence-electron chi connectivity index (χ3n) is 6.24. The quantitative estimate of drug-likeness (QED) is 0.340. The standard InChI is InChI=1S/C25H26N4O5.C5H8O/c1-33-19-8-5-17(6-9-19)24(30)27-21-10-7-18(16-20(21)25(31)32)28-12-14-29(15-13-28)23-22(34-2)4-3-11-26-23;1-3-5(2)4-6/h3-11,16H,12-15H2,1-2H3,(H,27,30)(H,31,32);3,6H,1-2,4H2. The predicted octanol–water partition coefficient (Wildman–Crippen LogP) is 4.10. The molecule has 0 atom stereocenters. The predicted molar refractivity (Wildman–Crippen MR) is 156 cm³/mol. The lowest BCUT2D eigenvalue weighted by molar-refractivity contribution is 0.0698. The number of carbonyl (C=O) groups is 2. The Morgan fingerprint density at radius 2 is 1.70 bits per heavy atom. The Hall–Kier alpha value is -4.83. The Kier molecular flexibility index (Phi) is 10.7. The molecule has 3 N–H and O–H groups in total. The Morgan fingerprint density at radius 3 is 2.25 bits per heavy atom. The summed E-state index contributed by atoms with van der Waals surface area (Å²) in [6.45, 7) is 9.62. The topological polar surface area (TPSA) is 124 Å². The Labute approximate surface area is 233 Å². The lowest BCUT2D eigenvalue weighted by Gasteiger charge is -2.37. The molecule has 3 aromatic rings. The summed E-state index contributed by atoms with van der Waals surface area (Å²) in [5.41, 5.74) is 2.13. The summed E-state index contributed by atoms with van der Waals surface area (Å²) in [5, 5.41) is 20.6. The highest BCUT2D eigenvalue weighted by molar-refractivity contribution is 6.08. The number of carboxylic acids is 1. The van der Waals surface area contributed by atoms with Crippen LogP contribution in [-0.4, -0.2) is 74.1 Å². The average Bonchev–Trinajstić information content (AvgIpc) is 3.01. The number of methoxy groups -OCH3 is 2. The van der Waals surface area contributed by atoms with Crippen LogP contribution in [0.2, 0.25) is 0 Å². The van der Waals surface area contributed by atoms with E-state index in [-0.39, 0.29) is 17.9 Å². The minimum atomic E-state index is -1.11. The van der Waals surface area contributed by atoms with Gasteiger partial charge in [0, 0.05) is 43.6 Å². The highest BCUT2D eigenvalue weighted by Gasteiger charge is 2.22. The van der Waals surface area contributed by atoms with Gasteiger partial charge in [-0.25, -0.2) is 9.78 Å². The fourth-order valence-corrected chi connectivity index (χ4v) is 3.97. The number of carboxylic acid groups (broad SMARTS) is 1. The van der Waals surface area contributed by atoms with E-state index in [1.165, 1.54) is 6.08 Å². The normalized spacial score (nSPS) is 12.5. The molecule has 0 saturated carbocycles. The number of carbonyl (C=O) groups excluding carboxylic acids is 1. The van der Waals surface area contributed by atoms with Crippen molar-refractivity contribution in [1.29, 1.82) is 0 Å². The molecule has 0 unspecified atom stereocenters. The maximum Gasteiger partial charge on any atom is 0.337 e. The van der Waals surface area contributed by atoms with E-state index < -0.39 is 11.9 Å². The number of nitrogens with zero attached hydrogens (tertiary/aromatic N) is 3. The van der Waals surface area contributed by atoms with Gasteiger partial charge in [0.25, 0.3) is 5.91 Å². The third kappa shape index (κ3) is 7.61. The Bertz CT molecular complexity index is 1330. The second kappa shape index (κ2) is 14.4. The van der Waals surface area contributed by atoms with Crippen LogP contribution in [0.5, 0.6) is 11.5 Å². The van der Waals surface area contributed by atoms with Crippen molar-refractivity contribution >= 4 is 29.1 Å². The molecular formula is C30H34N4O6. The van der Waals surface area contributed by atoms with Crippen molar-refractivity contribution in [2.75, 3.05) is 62.1 Å². The van der Waals surface area contributed by atoms with Crippen LogP contribution in [0.25, 0.3) is 0 Å². The molecule has 0 aliphatic carbocycles. The first-order chi connectivity index (χ1) is 19.3. The zero-order valence-electron chi connectivity index (χ0n) is 22.7. The number of rotatable bonds is 9. The maximum atomic E-state index is 12.6. The van der Waals surface area contributed by atoms with Gasteiger partial charge >= 0.3 is 5.97 Å². The number of aliphatic hydroxyl groups is 1. The van der Waals surface area contributed by atoms with Crippen LogP contribution >= 0.6 is 0 Å². The molecule has 210 valence electrons. The SMILES string of the molecule is C=CC(=C)CO.COc1ccc(C(=O)Nc2ccc(N3CCN(c4ncccc4OC)CC3)cc2C(=O)O)cc1. The number of anilines is 3. The van der Waals surface area contributed by atoms with Crippen LogP contribution < -0.4 is 24.6 Å². The molecule has 1 aliphatic heterocycles. The van der Waals surface area contributed by atoms with E-state index in [1.807, 2.05) is 18.2 Å². The van der Waals surface area contributed by atoms with Crippen molar-refractivity contribution in [3.8, 4) is 11.5 Å². The molecule has 1 aromatic heterocycles. The largest absolute Gasteiger partial charge is 0.497 e. The third-order valence-corrected chi connectivity index (χ3v) is 6.24. The van der Waals surface area contributed by atoms with Gasteiger partial charge in [0.1, 0.15) is 5.75 Å². The van der Waals surface area contributed by atoms with Gasteiger partial charge in [0.15, 0.2) is 11.6 Å². The zero-order valence-corrected chi connectivity index (χ0v) is 22.7. The number of benzene rings is 2. The van der Waals surface area contributed by atoms with E-state index in [0.29, 0.717) is 43.1 Å². The molecule has 0 bridgehead atoms. The first kappa shape index (κ1) is 29.7. The van der Waals surface area contributed by atoms with Crippen LogP contribution in [0.4, 0.5) is 17.2 Å². The van der Waals surface area contributed by atoms with Crippen molar-refractivity contribution in [3.05, 3.63) is 96.7 Å². The van der Waals surface area contributed by atoms with Gasteiger partial charge in [0.2, 0.25) is 0 Å². The second-order valence-electron chi connectivity index (χ2n) is 8.74. The average molecular weight is 547 g/mol. The van der Waals surface area contributed by atoms with E-state index in [4.69, 9.17) is 14.6 Å². The van der Waals surface area contributed by atoms with Gasteiger partial charge in [0.05, 0.1) is 32.1 Å². The van der Waals surface area contributed by atoms with Crippen molar-refractivity contribution in [2.24, 2.45) is 0 Å². The lowest BCUT2D eigenvalue weighted by atomic mass is 10.1. The molecule has 2 heterocycles. The molecule has 1 fully saturated rings. The first-order valence-electron chi connectivity index (χ1n) is 12.5. The van der Waals surface area contributed by atoms with E-state index in [9.17, 15) is 14.7 Å². The summed E-state index contributed by atoms with van der Waals surface area (Å²) >= 11 is 0. The molecule has 0 spiro atoms. The molecule has 1 saturated heterocycles. The monoisotopic (exact) mass is 546 g/mol. The maximum absolute atomic E-state index is 12.6. The molecule has 4 rings (SSSR count). The summed E-state index contributed by atoms with van der Waals surface area (Å²) in [7, 11) is 3.17. The van der Waals surface area contributed by atoms with Crippen LogP contribution in [-0.2, 0) is 0 Å². The summed E-state index contributed by atoms with van der Waals surface area (Å²) in [6, 6.07) is 15.4. The number of nitrogens with one attached hydrogen (secondary N) is 1. The highest BCUT2D eigenvalue weighted by Crippen LogP contribution is 2.29. The molecule has 2 aromatic carbocycles. The number of pyridine rings is 1. The van der Waals surface area contributed by atoms with Crippen LogP contribution in [0.15, 0.2) is 85.6 Å². The Balaban J connectivity index is 0.000000663. The van der Waals surface area contributed by atoms with Gasteiger partial charge in [-0.05, 0) is 60.2 Å². The molecule has 40 heavy (non-hydrogen) atoms. The van der Waals surface area contributed by atoms with Gasteiger partial charge in [-0.1, -0.05) is 19.2 Å². The summed E-state index contributed by atoms with van der Waals surface area (Å²) in [6.07, 6.45) is 3.27. The summed E-state index contributed by atoms with van der Waals surface area (Å²) in [5.74, 6) is 0.654. The number of hydrogen-bond acceptors (Lipinski definition) is 8. The fourth-order valence-electron chi connectivity index (χ4n) is 3.97. The Morgan fingerprint density at radius 1 is 1.02 bits per heavy atom. The van der Waals surface area contributed by atoms with Crippen molar-refractivity contribution < 1.29 is 29.3 Å². The van der Waals surface area contributed by atoms with Crippen molar-refractivity contribution in [3.63, 3.8) is 0 Å². The first-order valence-corrected chi connectivity index (χ1v) is 12.5. The van der Waals surface area contributed by atoms with Crippen LogP contribution in [0, 0.1) is 0 Å². The summed E-state index contributed by atoms with van der Waals surface area (Å²) < 4.78 is 10.5. The number of aromatic nitrogens is 1. The second-order valence-corrected chi connectivity index (χ2v) is 8.74. The number of amides is 1. The van der Waals surface area contributed by atoms with Crippen molar-refractivity contribution in [1.82, 2.24) is 4.98 Å². The fraction of sp³-hybridized carbons (Fsp3) is 0.233. The molecule has 1 aliphatic rings. The number of piperazine rings is 1. The number of ether oxygens (including phenoxy) is 2. The lowest BCUT2D eigenvalue weighted by Crippen LogP contribution is -2.47. The number of aliphatic hydroxyl groups excluding tert-OH is 1. The number of hydrogen-bond donors (Lipinski definition) is 3.